The second-order valence-corrected chi connectivity index (χ2v) is 9.26. The van der Waals surface area contributed by atoms with Crippen LogP contribution in [-0.2, 0) is 29.3 Å². The van der Waals surface area contributed by atoms with Crippen molar-refractivity contribution in [1.29, 1.82) is 0 Å². The van der Waals surface area contributed by atoms with Crippen molar-refractivity contribution in [2.45, 2.75) is 50.9 Å². The lowest BCUT2D eigenvalue weighted by molar-refractivity contribution is 0.00578. The predicted molar refractivity (Wildman–Crippen MR) is 91.6 cm³/mol. The van der Waals surface area contributed by atoms with Crippen LogP contribution in [-0.4, -0.2) is 38.1 Å². The Kier molecular flexibility index (Phi) is 5.44. The van der Waals surface area contributed by atoms with Crippen LogP contribution in [0.2, 0.25) is 0 Å². The Morgan fingerprint density at radius 1 is 1.04 bits per heavy atom. The van der Waals surface area contributed by atoms with Crippen molar-refractivity contribution in [3.63, 3.8) is 0 Å². The normalized spacial score (nSPS) is 21.4. The number of rotatable bonds is 6. The van der Waals surface area contributed by atoms with Crippen LogP contribution in [0.4, 0.5) is 0 Å². The van der Waals surface area contributed by atoms with Crippen molar-refractivity contribution in [3.05, 3.63) is 35.9 Å². The zero-order valence-corrected chi connectivity index (χ0v) is 15.6. The van der Waals surface area contributed by atoms with Gasteiger partial charge in [-0.05, 0) is 39.7 Å². The third-order valence-electron chi connectivity index (χ3n) is 4.79. The lowest BCUT2D eigenvalue weighted by Crippen LogP contribution is -2.41. The molecule has 0 N–H and O–H groups in total. The third-order valence-corrected chi connectivity index (χ3v) is 7.04. The first kappa shape index (κ1) is 18.7. The molecule has 1 aromatic rings. The molecule has 0 amide bonds. The molecule has 1 heterocycles. The Labute approximate surface area is 139 Å². The minimum Gasteiger partial charge on any atom is -0.403 e. The van der Waals surface area contributed by atoms with E-state index in [1.807, 2.05) is 58.0 Å². The molecule has 0 aromatic heterocycles. The Balaban J connectivity index is 2.34. The summed E-state index contributed by atoms with van der Waals surface area (Å²) in [5.41, 5.74) is -0.514. The fourth-order valence-corrected chi connectivity index (χ4v) is 4.15. The molecule has 5 nitrogen and oxygen atoms in total. The van der Waals surface area contributed by atoms with E-state index in [0.717, 1.165) is 5.56 Å². The summed E-state index contributed by atoms with van der Waals surface area (Å²) in [5.74, 6) is 0. The molecule has 7 heteroatoms. The molecule has 128 valence electrons. The average Bonchev–Trinajstić information content (AvgIpc) is 2.73. The van der Waals surface area contributed by atoms with Gasteiger partial charge in [0.2, 0.25) is 0 Å². The van der Waals surface area contributed by atoms with Gasteiger partial charge in [-0.25, -0.2) is 0 Å². The van der Waals surface area contributed by atoms with Crippen molar-refractivity contribution in [1.82, 2.24) is 0 Å². The Morgan fingerprint density at radius 3 is 1.96 bits per heavy atom. The van der Waals surface area contributed by atoms with Gasteiger partial charge in [-0.15, -0.1) is 0 Å². The molecular weight excluding hydrogens is 314 g/mol. The predicted octanol–water partition coefficient (Wildman–Crippen LogP) is 3.72. The van der Waals surface area contributed by atoms with Crippen molar-refractivity contribution in [3.8, 4) is 0 Å². The summed E-state index contributed by atoms with van der Waals surface area (Å²) < 4.78 is 35.7. The summed E-state index contributed by atoms with van der Waals surface area (Å²) in [5, 5.41) is 0. The number of benzene rings is 1. The summed E-state index contributed by atoms with van der Waals surface area (Å²) in [6.07, 6.45) is 0.483. The molecule has 0 radical (unpaired) electrons. The molecule has 0 spiro atoms. The van der Waals surface area contributed by atoms with Crippen LogP contribution in [0.5, 0.6) is 0 Å². The molecule has 1 saturated heterocycles. The highest BCUT2D eigenvalue weighted by atomic mass is 31.2. The molecule has 1 aromatic carbocycles. The van der Waals surface area contributed by atoms with Crippen molar-refractivity contribution >= 4 is 14.7 Å². The summed E-state index contributed by atoms with van der Waals surface area (Å²) in [6.45, 7) is 7.88. The second-order valence-electron chi connectivity index (χ2n) is 6.79. The largest absolute Gasteiger partial charge is 0.474 e. The lowest BCUT2D eigenvalue weighted by atomic mass is 9.80. The van der Waals surface area contributed by atoms with Gasteiger partial charge in [0.25, 0.3) is 0 Å². The fraction of sp³-hybridized carbons (Fsp3) is 0.625. The number of hydrogen-bond donors (Lipinski definition) is 0. The zero-order valence-electron chi connectivity index (χ0n) is 14.7. The van der Waals surface area contributed by atoms with Crippen molar-refractivity contribution < 1.29 is 22.9 Å². The maximum atomic E-state index is 13.1. The first-order valence-electron chi connectivity index (χ1n) is 7.76. The first-order chi connectivity index (χ1) is 10.6. The van der Waals surface area contributed by atoms with Crippen molar-refractivity contribution in [2.75, 3.05) is 14.2 Å². The molecule has 1 aliphatic heterocycles. The van der Waals surface area contributed by atoms with E-state index in [9.17, 15) is 4.57 Å². The summed E-state index contributed by atoms with van der Waals surface area (Å²) in [6, 6.07) is 9.80. The Bertz CT molecular complexity index is 551. The molecule has 1 atom stereocenters. The Hall–Kier alpha value is -0.645. The van der Waals surface area contributed by atoms with Crippen LogP contribution >= 0.6 is 7.60 Å². The molecule has 2 rings (SSSR count). The first-order valence-corrected chi connectivity index (χ1v) is 9.37. The second kappa shape index (κ2) is 6.69. The topological polar surface area (TPSA) is 54.0 Å². The standard InChI is InChI=1S/C16H26BO5P/c1-15(2)16(3,4)22-17(21-15)14(23(18,19-5)20-6)12-13-10-8-7-9-11-13/h7-11,14H,12H2,1-6H3. The van der Waals surface area contributed by atoms with Gasteiger partial charge >= 0.3 is 14.7 Å². The van der Waals surface area contributed by atoms with E-state index < -0.39 is 31.5 Å². The monoisotopic (exact) mass is 340 g/mol. The van der Waals surface area contributed by atoms with E-state index in [0.29, 0.717) is 6.42 Å². The van der Waals surface area contributed by atoms with E-state index >= 15 is 0 Å². The molecule has 1 aliphatic rings. The molecule has 0 aliphatic carbocycles. The van der Waals surface area contributed by atoms with Crippen molar-refractivity contribution in [2.24, 2.45) is 0 Å². The van der Waals surface area contributed by atoms with E-state index in [4.69, 9.17) is 18.4 Å². The van der Waals surface area contributed by atoms with Crippen LogP contribution in [0.25, 0.3) is 0 Å². The van der Waals surface area contributed by atoms with Gasteiger partial charge in [-0.3, -0.25) is 4.57 Å². The quantitative estimate of drug-likeness (QED) is 0.584. The van der Waals surface area contributed by atoms with Crippen LogP contribution in [0, 0.1) is 0 Å². The third kappa shape index (κ3) is 3.72. The van der Waals surface area contributed by atoms with Gasteiger partial charge in [0.05, 0.1) is 11.2 Å². The highest BCUT2D eigenvalue weighted by Crippen LogP contribution is 2.56. The minimum atomic E-state index is -3.37. The van der Waals surface area contributed by atoms with Crippen LogP contribution in [0.3, 0.4) is 0 Å². The van der Waals surface area contributed by atoms with Gasteiger partial charge in [0.15, 0.2) is 0 Å². The maximum absolute atomic E-state index is 13.1. The van der Waals surface area contributed by atoms with E-state index in [1.165, 1.54) is 14.2 Å². The van der Waals surface area contributed by atoms with Crippen LogP contribution < -0.4 is 0 Å². The zero-order chi connectivity index (χ0) is 17.3. The van der Waals surface area contributed by atoms with Crippen LogP contribution in [0.1, 0.15) is 33.3 Å². The van der Waals surface area contributed by atoms with Gasteiger partial charge < -0.3 is 18.4 Å². The Morgan fingerprint density at radius 2 is 1.52 bits per heavy atom. The summed E-state index contributed by atoms with van der Waals surface area (Å²) in [4.78, 5) is 0. The van der Waals surface area contributed by atoms with Crippen LogP contribution in [0.15, 0.2) is 30.3 Å². The summed E-state index contributed by atoms with van der Waals surface area (Å²) in [7, 11) is -1.24. The van der Waals surface area contributed by atoms with Gasteiger partial charge in [-0.1, -0.05) is 30.3 Å². The average molecular weight is 340 g/mol. The highest BCUT2D eigenvalue weighted by molar-refractivity contribution is 7.57. The molecule has 0 saturated carbocycles. The minimum absolute atomic E-state index is 0.483. The number of hydrogen-bond acceptors (Lipinski definition) is 5. The molecular formula is C16H26BO5P. The summed E-state index contributed by atoms with van der Waals surface area (Å²) >= 11 is 0. The van der Waals surface area contributed by atoms with E-state index in [1.54, 1.807) is 0 Å². The highest BCUT2D eigenvalue weighted by Gasteiger charge is 2.58. The van der Waals surface area contributed by atoms with E-state index in [2.05, 4.69) is 0 Å². The fourth-order valence-electron chi connectivity index (χ4n) is 2.60. The molecule has 1 unspecified atom stereocenters. The van der Waals surface area contributed by atoms with Gasteiger partial charge in [0.1, 0.15) is 5.56 Å². The molecule has 0 bridgehead atoms. The molecule has 1 fully saturated rings. The SMILES string of the molecule is COP(=O)(OC)C(Cc1ccccc1)B1OC(C)(C)C(C)(C)O1. The smallest absolute Gasteiger partial charge is 0.403 e. The van der Waals surface area contributed by atoms with Gasteiger partial charge in [-0.2, -0.15) is 0 Å². The van der Waals surface area contributed by atoms with Gasteiger partial charge in [0, 0.05) is 14.2 Å². The lowest BCUT2D eigenvalue weighted by Gasteiger charge is -2.32. The molecule has 23 heavy (non-hydrogen) atoms. The van der Waals surface area contributed by atoms with E-state index in [-0.39, 0.29) is 0 Å². The maximum Gasteiger partial charge on any atom is 0.474 e.